The fourth-order valence-electron chi connectivity index (χ4n) is 2.90. The fraction of sp³-hybridized carbons (Fsp3) is 0.238. The third kappa shape index (κ3) is 4.35. The van der Waals surface area contributed by atoms with Gasteiger partial charge in [-0.05, 0) is 35.6 Å². The quantitative estimate of drug-likeness (QED) is 0.726. The van der Waals surface area contributed by atoms with Crippen molar-refractivity contribution >= 4 is 16.8 Å². The highest BCUT2D eigenvalue weighted by Gasteiger charge is 2.06. The van der Waals surface area contributed by atoms with Gasteiger partial charge in [-0.15, -0.1) is 0 Å². The molecule has 4 heteroatoms. The van der Waals surface area contributed by atoms with E-state index >= 15 is 0 Å². The minimum atomic E-state index is -0.154. The van der Waals surface area contributed by atoms with Gasteiger partial charge in [-0.3, -0.25) is 9.59 Å². The van der Waals surface area contributed by atoms with E-state index in [1.165, 1.54) is 5.56 Å². The molecule has 0 fully saturated rings. The third-order valence-corrected chi connectivity index (χ3v) is 4.38. The summed E-state index contributed by atoms with van der Waals surface area (Å²) in [5, 5.41) is 3.88. The summed E-state index contributed by atoms with van der Waals surface area (Å²) < 4.78 is 0. The van der Waals surface area contributed by atoms with Crippen molar-refractivity contribution in [2.75, 3.05) is 0 Å². The van der Waals surface area contributed by atoms with E-state index in [1.54, 1.807) is 6.07 Å². The van der Waals surface area contributed by atoms with Gasteiger partial charge in [0.05, 0.1) is 0 Å². The zero-order valence-corrected chi connectivity index (χ0v) is 14.3. The van der Waals surface area contributed by atoms with Crippen LogP contribution in [0.5, 0.6) is 0 Å². The van der Waals surface area contributed by atoms with E-state index in [1.807, 2.05) is 24.3 Å². The number of H-pyrrole nitrogens is 1. The largest absolute Gasteiger partial charge is 0.352 e. The summed E-state index contributed by atoms with van der Waals surface area (Å²) in [6.45, 7) is 2.48. The van der Waals surface area contributed by atoms with Crippen molar-refractivity contribution in [1.29, 1.82) is 0 Å². The lowest BCUT2D eigenvalue weighted by Crippen LogP contribution is -2.24. The lowest BCUT2D eigenvalue weighted by molar-refractivity contribution is -0.121. The molecule has 0 aliphatic rings. The molecule has 4 nitrogen and oxygen atoms in total. The van der Waals surface area contributed by atoms with Crippen LogP contribution in [0.25, 0.3) is 10.9 Å². The van der Waals surface area contributed by atoms with Gasteiger partial charge in [-0.2, -0.15) is 0 Å². The van der Waals surface area contributed by atoms with Crippen molar-refractivity contribution in [3.8, 4) is 0 Å². The number of aryl methyl sites for hydroxylation is 2. The molecule has 2 N–H and O–H groups in total. The number of pyridine rings is 1. The number of rotatable bonds is 6. The van der Waals surface area contributed by atoms with Crippen LogP contribution in [0.2, 0.25) is 0 Å². The standard InChI is InChI=1S/C21H22N2O2/c1-2-15-7-9-16(10-8-15)11-12-20(24)22-14-17-13-21(25)23-19-6-4-3-5-18(17)19/h3-10,13H,2,11-12,14H2,1H3,(H,22,24)(H,23,25). The SMILES string of the molecule is CCc1ccc(CCC(=O)NCc2cc(=O)[nH]c3ccccc23)cc1. The number of fused-ring (bicyclic) bond motifs is 1. The number of para-hydroxylation sites is 1. The van der Waals surface area contributed by atoms with Crippen LogP contribution >= 0.6 is 0 Å². The molecular weight excluding hydrogens is 312 g/mol. The molecule has 0 saturated heterocycles. The van der Waals surface area contributed by atoms with E-state index in [0.29, 0.717) is 19.4 Å². The van der Waals surface area contributed by atoms with Crippen LogP contribution in [0.4, 0.5) is 0 Å². The Bertz CT molecular complexity index is 927. The second kappa shape index (κ2) is 7.79. The predicted octanol–water partition coefficient (Wildman–Crippen LogP) is 3.34. The number of amides is 1. The Labute approximate surface area is 146 Å². The number of hydrogen-bond acceptors (Lipinski definition) is 2. The van der Waals surface area contributed by atoms with Gasteiger partial charge in [0.1, 0.15) is 0 Å². The molecule has 1 heterocycles. The number of benzene rings is 2. The Hall–Kier alpha value is -2.88. The Morgan fingerprint density at radius 1 is 1.04 bits per heavy atom. The van der Waals surface area contributed by atoms with E-state index in [-0.39, 0.29) is 11.5 Å². The molecule has 3 rings (SSSR count). The number of aromatic amines is 1. The predicted molar refractivity (Wildman–Crippen MR) is 101 cm³/mol. The summed E-state index contributed by atoms with van der Waals surface area (Å²) in [6, 6.07) is 17.5. The van der Waals surface area contributed by atoms with Gasteiger partial charge >= 0.3 is 0 Å². The Morgan fingerprint density at radius 2 is 1.76 bits per heavy atom. The van der Waals surface area contributed by atoms with Gasteiger partial charge in [-0.25, -0.2) is 0 Å². The number of carbonyl (C=O) groups excluding carboxylic acids is 1. The monoisotopic (exact) mass is 334 g/mol. The van der Waals surface area contributed by atoms with Crippen LogP contribution in [0, 0.1) is 0 Å². The van der Waals surface area contributed by atoms with E-state index < -0.39 is 0 Å². The van der Waals surface area contributed by atoms with Crippen LogP contribution in [-0.4, -0.2) is 10.9 Å². The van der Waals surface area contributed by atoms with Crippen LogP contribution in [0.3, 0.4) is 0 Å². The van der Waals surface area contributed by atoms with Crippen molar-refractivity contribution in [3.63, 3.8) is 0 Å². The maximum absolute atomic E-state index is 12.1. The Morgan fingerprint density at radius 3 is 2.52 bits per heavy atom. The molecule has 1 aromatic heterocycles. The van der Waals surface area contributed by atoms with E-state index in [0.717, 1.165) is 28.5 Å². The zero-order valence-electron chi connectivity index (χ0n) is 14.3. The highest BCUT2D eigenvalue weighted by molar-refractivity contribution is 5.82. The molecule has 0 aliphatic heterocycles. The average Bonchev–Trinajstić information content (AvgIpc) is 2.64. The minimum Gasteiger partial charge on any atom is -0.352 e. The molecule has 0 spiro atoms. The summed E-state index contributed by atoms with van der Waals surface area (Å²) in [5.74, 6) is -0.0102. The first-order valence-electron chi connectivity index (χ1n) is 8.61. The van der Waals surface area contributed by atoms with Crippen LogP contribution < -0.4 is 10.9 Å². The van der Waals surface area contributed by atoms with E-state index in [9.17, 15) is 9.59 Å². The molecule has 0 aliphatic carbocycles. The first-order valence-corrected chi connectivity index (χ1v) is 8.61. The van der Waals surface area contributed by atoms with Crippen molar-refractivity contribution in [2.45, 2.75) is 32.7 Å². The van der Waals surface area contributed by atoms with Gasteiger partial charge in [-0.1, -0.05) is 49.4 Å². The molecule has 0 saturated carbocycles. The number of nitrogens with one attached hydrogen (secondary N) is 2. The van der Waals surface area contributed by atoms with Gasteiger partial charge in [0.15, 0.2) is 0 Å². The maximum atomic E-state index is 12.1. The van der Waals surface area contributed by atoms with Gasteiger partial charge in [0.25, 0.3) is 0 Å². The van der Waals surface area contributed by atoms with Gasteiger partial charge < -0.3 is 10.3 Å². The summed E-state index contributed by atoms with van der Waals surface area (Å²) in [7, 11) is 0. The molecule has 2 aromatic carbocycles. The second-order valence-electron chi connectivity index (χ2n) is 6.15. The molecular formula is C21H22N2O2. The molecule has 128 valence electrons. The lowest BCUT2D eigenvalue weighted by Gasteiger charge is -2.08. The number of aromatic nitrogens is 1. The fourth-order valence-corrected chi connectivity index (χ4v) is 2.90. The minimum absolute atomic E-state index is 0.0102. The summed E-state index contributed by atoms with van der Waals surface area (Å²) in [6.07, 6.45) is 2.17. The molecule has 0 atom stereocenters. The molecule has 25 heavy (non-hydrogen) atoms. The number of carbonyl (C=O) groups is 1. The normalized spacial score (nSPS) is 10.8. The van der Waals surface area contributed by atoms with Gasteiger partial charge in [0, 0.05) is 29.9 Å². The smallest absolute Gasteiger partial charge is 0.248 e. The molecule has 3 aromatic rings. The maximum Gasteiger partial charge on any atom is 0.248 e. The first kappa shape index (κ1) is 17.0. The Kier molecular flexibility index (Phi) is 5.29. The third-order valence-electron chi connectivity index (χ3n) is 4.38. The second-order valence-corrected chi connectivity index (χ2v) is 6.15. The average molecular weight is 334 g/mol. The molecule has 0 unspecified atom stereocenters. The van der Waals surface area contributed by atoms with Crippen molar-refractivity contribution in [1.82, 2.24) is 10.3 Å². The van der Waals surface area contributed by atoms with E-state index in [4.69, 9.17) is 0 Å². The first-order chi connectivity index (χ1) is 12.2. The molecule has 1 amide bonds. The van der Waals surface area contributed by atoms with E-state index in [2.05, 4.69) is 41.5 Å². The Balaban J connectivity index is 1.60. The van der Waals surface area contributed by atoms with Crippen LogP contribution in [0.1, 0.15) is 30.0 Å². The molecule has 0 bridgehead atoms. The highest BCUT2D eigenvalue weighted by atomic mass is 16.1. The van der Waals surface area contributed by atoms with Crippen LogP contribution in [-0.2, 0) is 24.2 Å². The topological polar surface area (TPSA) is 62.0 Å². The summed E-state index contributed by atoms with van der Waals surface area (Å²) >= 11 is 0. The zero-order chi connectivity index (χ0) is 17.6. The molecule has 0 radical (unpaired) electrons. The van der Waals surface area contributed by atoms with Crippen molar-refractivity contribution in [2.24, 2.45) is 0 Å². The number of hydrogen-bond donors (Lipinski definition) is 2. The summed E-state index contributed by atoms with van der Waals surface area (Å²) in [5.41, 5.74) is 3.93. The van der Waals surface area contributed by atoms with Crippen molar-refractivity contribution < 1.29 is 4.79 Å². The van der Waals surface area contributed by atoms with Gasteiger partial charge in [0.2, 0.25) is 11.5 Å². The van der Waals surface area contributed by atoms with Crippen LogP contribution in [0.15, 0.2) is 59.4 Å². The van der Waals surface area contributed by atoms with Crippen molar-refractivity contribution in [3.05, 3.63) is 81.6 Å². The highest BCUT2D eigenvalue weighted by Crippen LogP contribution is 2.14. The lowest BCUT2D eigenvalue weighted by atomic mass is 10.1. The summed E-state index contributed by atoms with van der Waals surface area (Å²) in [4.78, 5) is 26.7.